The van der Waals surface area contributed by atoms with Crippen molar-refractivity contribution in [3.8, 4) is 0 Å². The number of aliphatic imine (C=N–C) groups is 1. The lowest BCUT2D eigenvalue weighted by Gasteiger charge is -2.29. The zero-order valence-corrected chi connectivity index (χ0v) is 11.1. The summed E-state index contributed by atoms with van der Waals surface area (Å²) in [6, 6.07) is 0.655. The first-order chi connectivity index (χ1) is 8.33. The Labute approximate surface area is 105 Å². The molecule has 2 nitrogen and oxygen atoms in total. The molecular weight excluding hydrogens is 208 g/mol. The van der Waals surface area contributed by atoms with Gasteiger partial charge >= 0.3 is 0 Å². The van der Waals surface area contributed by atoms with Crippen LogP contribution in [0.1, 0.15) is 58.3 Å². The Kier molecular flexibility index (Phi) is 3.39. The van der Waals surface area contributed by atoms with E-state index in [0.29, 0.717) is 6.04 Å². The molecule has 17 heavy (non-hydrogen) atoms. The molecule has 0 amide bonds. The van der Waals surface area contributed by atoms with Crippen molar-refractivity contribution in [3.63, 3.8) is 0 Å². The molecular formula is C15H26N2. The topological polar surface area (TPSA) is 24.4 Å². The summed E-state index contributed by atoms with van der Waals surface area (Å²) >= 11 is 0. The Hall–Kier alpha value is -0.530. The predicted molar refractivity (Wildman–Crippen MR) is 72.3 cm³/mol. The van der Waals surface area contributed by atoms with Gasteiger partial charge in [-0.05, 0) is 56.8 Å². The molecule has 2 heteroatoms. The second-order valence-corrected chi connectivity index (χ2v) is 6.41. The van der Waals surface area contributed by atoms with Gasteiger partial charge in [-0.3, -0.25) is 4.99 Å². The average Bonchev–Trinajstić information content (AvgIpc) is 2.87. The molecule has 0 aromatic carbocycles. The molecule has 4 atom stereocenters. The zero-order chi connectivity index (χ0) is 11.7. The van der Waals surface area contributed by atoms with E-state index in [1.807, 2.05) is 0 Å². The van der Waals surface area contributed by atoms with Crippen molar-refractivity contribution >= 4 is 5.84 Å². The number of hydrogen-bond donors (Lipinski definition) is 1. The molecule has 2 bridgehead atoms. The molecule has 3 aliphatic rings. The van der Waals surface area contributed by atoms with Crippen molar-refractivity contribution in [1.82, 2.24) is 5.32 Å². The first kappa shape index (κ1) is 11.6. The third-order valence-corrected chi connectivity index (χ3v) is 5.20. The van der Waals surface area contributed by atoms with Gasteiger partial charge in [0.05, 0.1) is 5.84 Å². The Bertz CT molecular complexity index is 297. The molecule has 0 unspecified atom stereocenters. The lowest BCUT2D eigenvalue weighted by Crippen LogP contribution is -2.40. The van der Waals surface area contributed by atoms with E-state index in [9.17, 15) is 0 Å². The van der Waals surface area contributed by atoms with Crippen molar-refractivity contribution in [2.24, 2.45) is 22.7 Å². The van der Waals surface area contributed by atoms with Crippen LogP contribution in [0.15, 0.2) is 4.99 Å². The number of nitrogens with zero attached hydrogens (tertiary/aromatic N) is 1. The fourth-order valence-corrected chi connectivity index (χ4v) is 4.27. The lowest BCUT2D eigenvalue weighted by molar-refractivity contribution is 0.278. The van der Waals surface area contributed by atoms with Crippen LogP contribution in [0.2, 0.25) is 0 Å². The highest BCUT2D eigenvalue weighted by atomic mass is 15.0. The fourth-order valence-electron chi connectivity index (χ4n) is 4.27. The molecule has 0 aromatic heterocycles. The van der Waals surface area contributed by atoms with E-state index in [-0.39, 0.29) is 0 Å². The average molecular weight is 234 g/mol. The number of nitrogens with one attached hydrogen (secondary N) is 1. The highest BCUT2D eigenvalue weighted by molar-refractivity contribution is 5.82. The molecule has 1 N–H and O–H groups in total. The van der Waals surface area contributed by atoms with Crippen LogP contribution < -0.4 is 5.32 Å². The maximum atomic E-state index is 4.70. The van der Waals surface area contributed by atoms with Crippen LogP contribution >= 0.6 is 0 Å². The highest BCUT2D eigenvalue weighted by Crippen LogP contribution is 2.49. The maximum absolute atomic E-state index is 4.70. The molecule has 0 aromatic rings. The maximum Gasteiger partial charge on any atom is 0.0965 e. The number of rotatable bonds is 2. The van der Waals surface area contributed by atoms with Gasteiger partial charge in [0.15, 0.2) is 0 Å². The molecule has 2 fully saturated rings. The largest absolute Gasteiger partial charge is 0.371 e. The predicted octanol–water partition coefficient (Wildman–Crippen LogP) is 3.37. The van der Waals surface area contributed by atoms with Gasteiger partial charge in [-0.15, -0.1) is 0 Å². The SMILES string of the molecule is C[C@H](NC1=NCCCCC1)[C@@H]1C[C@H]2CC[C@H]1C2. The van der Waals surface area contributed by atoms with Crippen LogP contribution in [0.3, 0.4) is 0 Å². The Morgan fingerprint density at radius 3 is 2.88 bits per heavy atom. The van der Waals surface area contributed by atoms with E-state index in [0.717, 1.165) is 24.3 Å². The fraction of sp³-hybridized carbons (Fsp3) is 0.933. The highest BCUT2D eigenvalue weighted by Gasteiger charge is 2.41. The molecule has 2 aliphatic carbocycles. The minimum absolute atomic E-state index is 0.655. The van der Waals surface area contributed by atoms with Crippen LogP contribution in [-0.2, 0) is 0 Å². The van der Waals surface area contributed by atoms with Crippen molar-refractivity contribution < 1.29 is 0 Å². The van der Waals surface area contributed by atoms with Crippen molar-refractivity contribution in [2.45, 2.75) is 64.3 Å². The quantitative estimate of drug-likeness (QED) is 0.778. The standard InChI is InChI=1S/C15H26N2/c1-11(14-10-12-6-7-13(14)9-12)17-15-5-3-2-4-8-16-15/h11-14H,2-10H2,1H3,(H,16,17)/t11-,12-,13-,14-/m0/s1. The van der Waals surface area contributed by atoms with Crippen LogP contribution in [0.25, 0.3) is 0 Å². The van der Waals surface area contributed by atoms with Crippen LogP contribution in [0.5, 0.6) is 0 Å². The lowest BCUT2D eigenvalue weighted by atomic mass is 9.84. The molecule has 0 saturated heterocycles. The summed E-state index contributed by atoms with van der Waals surface area (Å²) in [5.74, 6) is 4.32. The Balaban J connectivity index is 1.55. The minimum atomic E-state index is 0.655. The monoisotopic (exact) mass is 234 g/mol. The van der Waals surface area contributed by atoms with E-state index in [2.05, 4.69) is 12.2 Å². The second-order valence-electron chi connectivity index (χ2n) is 6.41. The molecule has 2 saturated carbocycles. The third kappa shape index (κ3) is 2.51. The summed E-state index contributed by atoms with van der Waals surface area (Å²) in [4.78, 5) is 4.70. The van der Waals surface area contributed by atoms with E-state index in [4.69, 9.17) is 4.99 Å². The number of fused-ring (bicyclic) bond motifs is 2. The van der Waals surface area contributed by atoms with E-state index in [1.165, 1.54) is 57.2 Å². The van der Waals surface area contributed by atoms with E-state index in [1.54, 1.807) is 0 Å². The van der Waals surface area contributed by atoms with Gasteiger partial charge in [-0.25, -0.2) is 0 Å². The van der Waals surface area contributed by atoms with Crippen molar-refractivity contribution in [2.75, 3.05) is 6.54 Å². The van der Waals surface area contributed by atoms with Crippen molar-refractivity contribution in [1.29, 1.82) is 0 Å². The van der Waals surface area contributed by atoms with Gasteiger partial charge in [0.2, 0.25) is 0 Å². The first-order valence-electron chi connectivity index (χ1n) is 7.63. The summed E-state index contributed by atoms with van der Waals surface area (Å²) in [6.45, 7) is 3.44. The molecule has 1 aliphatic heterocycles. The van der Waals surface area contributed by atoms with Crippen LogP contribution in [-0.4, -0.2) is 18.4 Å². The number of amidine groups is 1. The van der Waals surface area contributed by atoms with Crippen LogP contribution in [0, 0.1) is 17.8 Å². The molecule has 3 rings (SSSR count). The molecule has 1 heterocycles. The summed E-state index contributed by atoms with van der Waals surface area (Å²) in [6.07, 6.45) is 11.2. The van der Waals surface area contributed by atoms with Gasteiger partial charge in [0.1, 0.15) is 0 Å². The Morgan fingerprint density at radius 2 is 2.12 bits per heavy atom. The zero-order valence-electron chi connectivity index (χ0n) is 11.1. The normalized spacial score (nSPS) is 38.6. The summed E-state index contributed by atoms with van der Waals surface area (Å²) in [7, 11) is 0. The van der Waals surface area contributed by atoms with E-state index < -0.39 is 0 Å². The van der Waals surface area contributed by atoms with Gasteiger partial charge in [-0.1, -0.05) is 12.8 Å². The first-order valence-corrected chi connectivity index (χ1v) is 7.63. The smallest absolute Gasteiger partial charge is 0.0965 e. The Morgan fingerprint density at radius 1 is 1.18 bits per heavy atom. The van der Waals surface area contributed by atoms with Crippen LogP contribution in [0.4, 0.5) is 0 Å². The van der Waals surface area contributed by atoms with E-state index >= 15 is 0 Å². The van der Waals surface area contributed by atoms with Crippen molar-refractivity contribution in [3.05, 3.63) is 0 Å². The molecule has 96 valence electrons. The van der Waals surface area contributed by atoms with Gasteiger partial charge in [-0.2, -0.15) is 0 Å². The summed E-state index contributed by atoms with van der Waals surface area (Å²) in [5, 5.41) is 3.74. The minimum Gasteiger partial charge on any atom is -0.371 e. The third-order valence-electron chi connectivity index (χ3n) is 5.20. The molecule has 0 radical (unpaired) electrons. The van der Waals surface area contributed by atoms with Gasteiger partial charge in [0, 0.05) is 19.0 Å². The second kappa shape index (κ2) is 4.99. The summed E-state index contributed by atoms with van der Waals surface area (Å²) in [5.41, 5.74) is 0. The molecule has 0 spiro atoms. The van der Waals surface area contributed by atoms with Gasteiger partial charge in [0.25, 0.3) is 0 Å². The number of hydrogen-bond acceptors (Lipinski definition) is 2. The summed E-state index contributed by atoms with van der Waals surface area (Å²) < 4.78 is 0. The van der Waals surface area contributed by atoms with Gasteiger partial charge < -0.3 is 5.32 Å².